The number of benzene rings is 1. The molecule has 124 valence electrons. The van der Waals surface area contributed by atoms with Crippen LogP contribution in [0, 0.1) is 23.2 Å². The van der Waals surface area contributed by atoms with Crippen LogP contribution in [-0.4, -0.2) is 0 Å². The first-order valence-electron chi connectivity index (χ1n) is 7.82. The molecule has 1 aromatic carbocycles. The largest absolute Gasteiger partial charge is 0.416 e. The molecule has 23 heavy (non-hydrogen) atoms. The Morgan fingerprint density at radius 3 is 2.26 bits per heavy atom. The Labute approximate surface area is 133 Å². The fourth-order valence-electron chi connectivity index (χ4n) is 3.12. The summed E-state index contributed by atoms with van der Waals surface area (Å²) in [6.45, 7) is 0. The van der Waals surface area contributed by atoms with E-state index in [1.54, 1.807) is 12.1 Å². The van der Waals surface area contributed by atoms with Crippen molar-refractivity contribution in [2.24, 2.45) is 11.8 Å². The van der Waals surface area contributed by atoms with Gasteiger partial charge in [0, 0.05) is 0 Å². The van der Waals surface area contributed by atoms with Crippen LogP contribution in [-0.2, 0) is 12.6 Å². The number of aryl methyl sites for hydroxylation is 1. The molecule has 5 heteroatoms. The first-order chi connectivity index (χ1) is 10.9. The minimum Gasteiger partial charge on any atom is -0.195 e. The highest BCUT2D eigenvalue weighted by Gasteiger charge is 2.30. The van der Waals surface area contributed by atoms with Gasteiger partial charge in [-0.15, -0.1) is 0 Å². The SMILES string of the molecule is N#C/C(F)=C/[C@H]1CC[C@H](CCc2ccc(C(F)(F)F)cc2)CC1. The van der Waals surface area contributed by atoms with Crippen LogP contribution in [0.25, 0.3) is 0 Å². The van der Waals surface area contributed by atoms with E-state index in [0.717, 1.165) is 56.2 Å². The smallest absolute Gasteiger partial charge is 0.195 e. The van der Waals surface area contributed by atoms with Crippen LogP contribution in [0.3, 0.4) is 0 Å². The molecule has 0 aromatic heterocycles. The molecule has 0 N–H and O–H groups in total. The Kier molecular flexibility index (Phi) is 5.81. The Morgan fingerprint density at radius 2 is 1.74 bits per heavy atom. The van der Waals surface area contributed by atoms with Crippen molar-refractivity contribution >= 4 is 0 Å². The summed E-state index contributed by atoms with van der Waals surface area (Å²) < 4.78 is 50.4. The molecule has 1 aliphatic rings. The van der Waals surface area contributed by atoms with Crippen LogP contribution in [0.15, 0.2) is 36.2 Å². The summed E-state index contributed by atoms with van der Waals surface area (Å²) in [6, 6.07) is 6.84. The summed E-state index contributed by atoms with van der Waals surface area (Å²) in [5, 5.41) is 8.43. The van der Waals surface area contributed by atoms with E-state index in [9.17, 15) is 17.6 Å². The normalized spacial score (nSPS) is 22.7. The number of nitrogens with zero attached hydrogens (tertiary/aromatic N) is 1. The molecule has 2 rings (SSSR count). The lowest BCUT2D eigenvalue weighted by molar-refractivity contribution is -0.137. The van der Waals surface area contributed by atoms with E-state index in [4.69, 9.17) is 5.26 Å². The topological polar surface area (TPSA) is 23.8 Å². The molecule has 0 saturated heterocycles. The predicted octanol–water partition coefficient (Wildman–Crippen LogP) is 5.82. The van der Waals surface area contributed by atoms with Crippen LogP contribution >= 0.6 is 0 Å². The molecule has 0 atom stereocenters. The maximum Gasteiger partial charge on any atom is 0.416 e. The van der Waals surface area contributed by atoms with E-state index in [1.165, 1.54) is 12.1 Å². The summed E-state index contributed by atoms with van der Waals surface area (Å²) in [6.07, 6.45) is 2.49. The number of hydrogen-bond donors (Lipinski definition) is 0. The summed E-state index contributed by atoms with van der Waals surface area (Å²) in [5.41, 5.74) is 0.295. The zero-order valence-electron chi connectivity index (χ0n) is 12.7. The van der Waals surface area contributed by atoms with Gasteiger partial charge >= 0.3 is 6.18 Å². The highest BCUT2D eigenvalue weighted by molar-refractivity contribution is 5.24. The molecule has 0 spiro atoms. The standard InChI is InChI=1S/C18H19F4N/c19-17(12-23)11-15-5-3-13(4-6-15)1-2-14-7-9-16(10-8-14)18(20,21)22/h7-11,13,15H,1-6H2/b17-11-/t13-,15-. The molecule has 0 amide bonds. The van der Waals surface area contributed by atoms with Crippen LogP contribution in [0.2, 0.25) is 0 Å². The van der Waals surface area contributed by atoms with Gasteiger partial charge in [0.05, 0.1) is 5.56 Å². The van der Waals surface area contributed by atoms with Crippen molar-refractivity contribution in [2.45, 2.75) is 44.7 Å². The van der Waals surface area contributed by atoms with Crippen molar-refractivity contribution < 1.29 is 17.6 Å². The summed E-state index contributed by atoms with van der Waals surface area (Å²) in [7, 11) is 0. The van der Waals surface area contributed by atoms with Gasteiger partial charge in [0.25, 0.3) is 0 Å². The van der Waals surface area contributed by atoms with Crippen molar-refractivity contribution in [3.05, 3.63) is 47.3 Å². The molecular weight excluding hydrogens is 306 g/mol. The Balaban J connectivity index is 1.79. The molecule has 1 nitrogen and oxygen atoms in total. The van der Waals surface area contributed by atoms with Gasteiger partial charge in [-0.2, -0.15) is 22.8 Å². The van der Waals surface area contributed by atoms with Gasteiger partial charge in [-0.1, -0.05) is 12.1 Å². The van der Waals surface area contributed by atoms with Crippen molar-refractivity contribution in [2.75, 3.05) is 0 Å². The van der Waals surface area contributed by atoms with Gasteiger partial charge in [0.2, 0.25) is 0 Å². The van der Waals surface area contributed by atoms with Gasteiger partial charge in [0.15, 0.2) is 5.83 Å². The third kappa shape index (κ3) is 5.38. The lowest BCUT2D eigenvalue weighted by Crippen LogP contribution is -2.14. The Bertz CT molecular complexity index is 573. The molecule has 1 aromatic rings. The molecular formula is C18H19F4N. The molecule has 1 saturated carbocycles. The van der Waals surface area contributed by atoms with E-state index in [1.807, 2.05) is 0 Å². The number of halogens is 4. The van der Waals surface area contributed by atoms with E-state index in [0.29, 0.717) is 5.92 Å². The minimum atomic E-state index is -4.29. The average Bonchev–Trinajstić information content (AvgIpc) is 2.53. The van der Waals surface area contributed by atoms with Crippen molar-refractivity contribution in [1.29, 1.82) is 5.26 Å². The van der Waals surface area contributed by atoms with Crippen molar-refractivity contribution in [3.63, 3.8) is 0 Å². The van der Waals surface area contributed by atoms with Gasteiger partial charge < -0.3 is 0 Å². The fourth-order valence-corrected chi connectivity index (χ4v) is 3.12. The molecule has 0 unspecified atom stereocenters. The number of alkyl halides is 3. The van der Waals surface area contributed by atoms with E-state index in [-0.39, 0.29) is 5.92 Å². The molecule has 0 heterocycles. The molecule has 0 bridgehead atoms. The van der Waals surface area contributed by atoms with Crippen LogP contribution < -0.4 is 0 Å². The summed E-state index contributed by atoms with van der Waals surface area (Å²) in [5.74, 6) is -0.0535. The number of hydrogen-bond acceptors (Lipinski definition) is 1. The van der Waals surface area contributed by atoms with E-state index >= 15 is 0 Å². The molecule has 1 aliphatic carbocycles. The maximum absolute atomic E-state index is 12.9. The van der Waals surface area contributed by atoms with Crippen LogP contribution in [0.5, 0.6) is 0 Å². The minimum absolute atomic E-state index is 0.136. The van der Waals surface area contributed by atoms with E-state index < -0.39 is 17.6 Å². The maximum atomic E-state index is 12.9. The predicted molar refractivity (Wildman–Crippen MR) is 80.0 cm³/mol. The van der Waals surface area contributed by atoms with Gasteiger partial charge in [-0.3, -0.25) is 0 Å². The lowest BCUT2D eigenvalue weighted by Gasteiger charge is -2.26. The highest BCUT2D eigenvalue weighted by Crippen LogP contribution is 2.33. The van der Waals surface area contributed by atoms with Gasteiger partial charge in [0.1, 0.15) is 6.07 Å². The monoisotopic (exact) mass is 325 g/mol. The number of nitriles is 1. The quantitative estimate of drug-likeness (QED) is 0.505. The third-order valence-corrected chi connectivity index (χ3v) is 4.50. The van der Waals surface area contributed by atoms with E-state index in [2.05, 4.69) is 0 Å². The first-order valence-corrected chi connectivity index (χ1v) is 7.82. The molecule has 0 radical (unpaired) electrons. The summed E-state index contributed by atoms with van der Waals surface area (Å²) in [4.78, 5) is 0. The van der Waals surface area contributed by atoms with Gasteiger partial charge in [-0.05, 0) is 74.1 Å². The molecule has 1 fully saturated rings. The third-order valence-electron chi connectivity index (χ3n) is 4.50. The average molecular weight is 325 g/mol. The zero-order chi connectivity index (χ0) is 16.9. The van der Waals surface area contributed by atoms with Gasteiger partial charge in [-0.25, -0.2) is 0 Å². The van der Waals surface area contributed by atoms with Crippen molar-refractivity contribution in [1.82, 2.24) is 0 Å². The number of allylic oxidation sites excluding steroid dienone is 2. The lowest BCUT2D eigenvalue weighted by atomic mass is 9.79. The van der Waals surface area contributed by atoms with Crippen molar-refractivity contribution in [3.8, 4) is 6.07 Å². The fraction of sp³-hybridized carbons (Fsp3) is 0.500. The number of rotatable bonds is 4. The van der Waals surface area contributed by atoms with Crippen LogP contribution in [0.4, 0.5) is 17.6 Å². The Morgan fingerprint density at radius 1 is 1.13 bits per heavy atom. The highest BCUT2D eigenvalue weighted by atomic mass is 19.4. The second kappa shape index (κ2) is 7.63. The zero-order valence-corrected chi connectivity index (χ0v) is 12.7. The second-order valence-electron chi connectivity index (χ2n) is 6.14. The van der Waals surface area contributed by atoms with Crippen LogP contribution in [0.1, 0.15) is 43.2 Å². The Hall–Kier alpha value is -1.83. The first kappa shape index (κ1) is 17.5. The summed E-state index contributed by atoms with van der Waals surface area (Å²) >= 11 is 0. The second-order valence-corrected chi connectivity index (χ2v) is 6.14. The molecule has 0 aliphatic heterocycles.